The molecule has 0 unspecified atom stereocenters. The summed E-state index contributed by atoms with van der Waals surface area (Å²) in [6, 6.07) is 27.9. The number of hydroxylamine groups is 1. The van der Waals surface area contributed by atoms with Gasteiger partial charge in [0.15, 0.2) is 12.3 Å². The number of nitrogens with one attached hydrogen (secondary N) is 1. The number of benzene rings is 4. The van der Waals surface area contributed by atoms with Crippen LogP contribution in [0.2, 0.25) is 0 Å². The van der Waals surface area contributed by atoms with Gasteiger partial charge in [-0.15, -0.1) is 0 Å². The zero-order valence-electron chi connectivity index (χ0n) is 25.1. The summed E-state index contributed by atoms with van der Waals surface area (Å²) in [5, 5.41) is 2.85. The molecule has 13 heteroatoms. The second-order valence-corrected chi connectivity index (χ2v) is 15.1. The van der Waals surface area contributed by atoms with E-state index in [9.17, 15) is 21.4 Å². The number of hydrogen-bond acceptors (Lipinski definition) is 10. The fraction of sp³-hybridized carbons (Fsp3) is 0.242. The van der Waals surface area contributed by atoms with Crippen molar-refractivity contribution in [2.45, 2.75) is 26.3 Å². The molecule has 0 radical (unpaired) electrons. The zero-order valence-corrected chi connectivity index (χ0v) is 27.5. The van der Waals surface area contributed by atoms with Gasteiger partial charge in [0.25, 0.3) is 15.1 Å². The molecule has 0 saturated carbocycles. The molecule has 1 aromatic heterocycles. The molecular formula is C33H33N3O7S3. The number of anilines is 1. The molecule has 0 saturated heterocycles. The van der Waals surface area contributed by atoms with E-state index in [0.29, 0.717) is 31.3 Å². The van der Waals surface area contributed by atoms with Crippen LogP contribution in [-0.4, -0.2) is 46.0 Å². The molecule has 0 amide bonds. The van der Waals surface area contributed by atoms with Crippen molar-refractivity contribution in [3.8, 4) is 16.9 Å². The molecule has 1 N–H and O–H groups in total. The average Bonchev–Trinajstić information content (AvgIpc) is 3.56. The summed E-state index contributed by atoms with van der Waals surface area (Å²) in [6.07, 6.45) is 2.31. The van der Waals surface area contributed by atoms with Crippen molar-refractivity contribution in [1.82, 2.24) is 5.48 Å². The van der Waals surface area contributed by atoms with Crippen LogP contribution in [0.25, 0.3) is 38.2 Å². The van der Waals surface area contributed by atoms with E-state index in [4.69, 9.17) is 9.02 Å². The number of thiazole rings is 1. The first kappa shape index (κ1) is 32.1. The molecule has 0 atom stereocenters. The highest BCUT2D eigenvalue weighted by molar-refractivity contribution is 7.86. The van der Waals surface area contributed by atoms with Gasteiger partial charge in [0.1, 0.15) is 4.70 Å². The molecule has 4 aromatic carbocycles. The monoisotopic (exact) mass is 679 g/mol. The Bertz CT molecular complexity index is 2130. The number of hydrogen-bond donors (Lipinski definition) is 1. The van der Waals surface area contributed by atoms with Crippen LogP contribution in [-0.2, 0) is 31.1 Å². The van der Waals surface area contributed by atoms with Gasteiger partial charge in [0, 0.05) is 25.3 Å². The van der Waals surface area contributed by atoms with Gasteiger partial charge in [-0.2, -0.15) is 22.7 Å². The highest BCUT2D eigenvalue weighted by Gasteiger charge is 2.30. The van der Waals surface area contributed by atoms with Crippen LogP contribution < -0.4 is 19.7 Å². The maximum absolute atomic E-state index is 12.4. The van der Waals surface area contributed by atoms with Crippen molar-refractivity contribution in [2.24, 2.45) is 0 Å². The van der Waals surface area contributed by atoms with E-state index >= 15 is 0 Å². The standard InChI is InChI=1S/C33H33N3O7S3/c1-2-34-43-46(40,41)21-9-18-35-28-22-26(24-10-4-3-5-11-24)14-16-29(28)42-31(35)23-32-36(19-8-20-45(37,38)39)33-27-13-7-6-12-25(27)15-17-30(33)44-32/h3-7,10-17,22-23,34H,2,8-9,18-21H2,1H3. The van der Waals surface area contributed by atoms with Crippen molar-refractivity contribution in [3.05, 3.63) is 95.8 Å². The topological polar surface area (TPSA) is 129 Å². The molecule has 240 valence electrons. The molecular weight excluding hydrogens is 647 g/mol. The van der Waals surface area contributed by atoms with Gasteiger partial charge < -0.3 is 14.2 Å². The van der Waals surface area contributed by atoms with Crippen LogP contribution in [0.1, 0.15) is 24.8 Å². The second kappa shape index (κ2) is 13.5. The average molecular weight is 680 g/mol. The minimum atomic E-state index is -4.38. The van der Waals surface area contributed by atoms with Crippen LogP contribution in [0.15, 0.2) is 90.8 Å². The predicted molar refractivity (Wildman–Crippen MR) is 180 cm³/mol. The summed E-state index contributed by atoms with van der Waals surface area (Å²) >= 11 is 1.53. The summed E-state index contributed by atoms with van der Waals surface area (Å²) in [5.74, 6) is 0.466. The van der Waals surface area contributed by atoms with E-state index in [2.05, 4.69) is 5.48 Å². The number of aryl methyl sites for hydroxylation is 1. The largest absolute Gasteiger partial charge is 0.748 e. The van der Waals surface area contributed by atoms with Gasteiger partial charge in [-0.25, -0.2) is 8.42 Å². The Balaban J connectivity index is 1.41. The molecule has 0 fully saturated rings. The Morgan fingerprint density at radius 1 is 0.935 bits per heavy atom. The van der Waals surface area contributed by atoms with E-state index < -0.39 is 26.0 Å². The third kappa shape index (κ3) is 7.25. The van der Waals surface area contributed by atoms with Gasteiger partial charge in [-0.3, -0.25) is 0 Å². The summed E-state index contributed by atoms with van der Waals surface area (Å²) < 4.78 is 73.5. The predicted octanol–water partition coefficient (Wildman–Crippen LogP) is 5.40. The number of rotatable bonds is 13. The lowest BCUT2D eigenvalue weighted by Gasteiger charge is -2.18. The zero-order chi connectivity index (χ0) is 32.3. The van der Waals surface area contributed by atoms with Crippen LogP contribution in [0.4, 0.5) is 5.69 Å². The van der Waals surface area contributed by atoms with E-state index in [-0.39, 0.29) is 18.6 Å². The van der Waals surface area contributed by atoms with E-state index in [1.807, 2.05) is 100 Å². The smallest absolute Gasteiger partial charge is 0.283 e. The molecule has 46 heavy (non-hydrogen) atoms. The normalized spacial score (nSPS) is 14.3. The highest BCUT2D eigenvalue weighted by atomic mass is 32.2. The number of fused-ring (bicyclic) bond motifs is 4. The van der Waals surface area contributed by atoms with Crippen LogP contribution in [0, 0.1) is 0 Å². The molecule has 6 rings (SSSR count). The summed E-state index contributed by atoms with van der Waals surface area (Å²) in [6.45, 7) is 2.73. The Morgan fingerprint density at radius 3 is 2.50 bits per heavy atom. The van der Waals surface area contributed by atoms with Gasteiger partial charge in [-0.1, -0.05) is 78.9 Å². The molecule has 1 aliphatic heterocycles. The Labute approximate surface area is 272 Å². The van der Waals surface area contributed by atoms with Crippen LogP contribution in [0.3, 0.4) is 0 Å². The van der Waals surface area contributed by atoms with Crippen molar-refractivity contribution >= 4 is 64.3 Å². The highest BCUT2D eigenvalue weighted by Crippen LogP contribution is 2.42. The fourth-order valence-electron chi connectivity index (χ4n) is 5.55. The SMILES string of the molecule is CCNOS(=O)(=O)CCCN1C(=Cc2sc3ccc4ccccc4c3[n+]2CCCS(=O)(=O)[O-])Oc2ccc(-c3ccccc3)cc21. The molecule has 10 nitrogen and oxygen atoms in total. The lowest BCUT2D eigenvalue weighted by molar-refractivity contribution is -0.667. The van der Waals surface area contributed by atoms with Crippen LogP contribution in [0.5, 0.6) is 5.75 Å². The molecule has 1 aliphatic rings. The quantitative estimate of drug-likeness (QED) is 0.0988. The van der Waals surface area contributed by atoms with Gasteiger partial charge in [0.05, 0.1) is 33.0 Å². The van der Waals surface area contributed by atoms with Crippen molar-refractivity contribution in [1.29, 1.82) is 0 Å². The Morgan fingerprint density at radius 2 is 1.72 bits per heavy atom. The molecule has 0 bridgehead atoms. The third-order valence-corrected chi connectivity index (χ3v) is 10.6. The third-order valence-electron chi connectivity index (χ3n) is 7.58. The summed E-state index contributed by atoms with van der Waals surface area (Å²) in [7, 11) is -8.16. The number of ether oxygens (including phenoxy) is 1. The maximum Gasteiger partial charge on any atom is 0.283 e. The van der Waals surface area contributed by atoms with Crippen molar-refractivity contribution in [2.75, 3.05) is 29.5 Å². The lowest BCUT2D eigenvalue weighted by Crippen LogP contribution is -2.36. The van der Waals surface area contributed by atoms with Crippen molar-refractivity contribution < 1.29 is 35.0 Å². The van der Waals surface area contributed by atoms with E-state index in [0.717, 1.165) is 42.8 Å². The molecule has 0 spiro atoms. The maximum atomic E-state index is 12.4. The van der Waals surface area contributed by atoms with Crippen molar-refractivity contribution in [3.63, 3.8) is 0 Å². The van der Waals surface area contributed by atoms with Gasteiger partial charge in [0.2, 0.25) is 11.4 Å². The number of nitrogens with zero attached hydrogens (tertiary/aromatic N) is 2. The number of aromatic nitrogens is 1. The first-order valence-corrected chi connectivity index (χ1v) is 18.9. The first-order chi connectivity index (χ1) is 22.1. The Hall–Kier alpha value is -3.85. The van der Waals surface area contributed by atoms with Crippen LogP contribution >= 0.6 is 11.3 Å². The summed E-state index contributed by atoms with van der Waals surface area (Å²) in [5.41, 5.74) is 6.17. The molecule has 0 aliphatic carbocycles. The van der Waals surface area contributed by atoms with E-state index in [1.165, 1.54) is 11.3 Å². The first-order valence-electron chi connectivity index (χ1n) is 14.9. The Kier molecular flexibility index (Phi) is 9.41. The van der Waals surface area contributed by atoms with E-state index in [1.54, 1.807) is 6.92 Å². The fourth-order valence-corrected chi connectivity index (χ4v) is 8.02. The summed E-state index contributed by atoms with van der Waals surface area (Å²) in [4.78, 5) is 1.96. The minimum Gasteiger partial charge on any atom is -0.748 e. The lowest BCUT2D eigenvalue weighted by atomic mass is 10.0. The van der Waals surface area contributed by atoms with Gasteiger partial charge in [-0.05, 0) is 47.2 Å². The molecule has 2 heterocycles. The minimum absolute atomic E-state index is 0.149. The molecule has 5 aromatic rings. The second-order valence-electron chi connectivity index (χ2n) is 10.8. The van der Waals surface area contributed by atoms with Gasteiger partial charge >= 0.3 is 0 Å².